The fourth-order valence-electron chi connectivity index (χ4n) is 1.66. The molecule has 0 radical (unpaired) electrons. The second kappa shape index (κ2) is 4.25. The maximum Gasteiger partial charge on any atom is 0.345 e. The third kappa shape index (κ3) is 1.85. The molecule has 0 saturated heterocycles. The van der Waals surface area contributed by atoms with Gasteiger partial charge < -0.3 is 9.84 Å². The van der Waals surface area contributed by atoms with Crippen LogP contribution in [0.2, 0.25) is 0 Å². The molecule has 0 spiro atoms. The molecule has 17 heavy (non-hydrogen) atoms. The Morgan fingerprint density at radius 1 is 1.18 bits per heavy atom. The second-order valence-electron chi connectivity index (χ2n) is 3.50. The molecular formula is C13H10O4. The molecule has 0 amide bonds. The lowest BCUT2D eigenvalue weighted by molar-refractivity contribution is 0.0596. The minimum Gasteiger partial charge on any atom is -0.506 e. The van der Waals surface area contributed by atoms with Crippen molar-refractivity contribution in [1.29, 1.82) is 0 Å². The highest BCUT2D eigenvalue weighted by Crippen LogP contribution is 2.25. The number of hydrogen-bond donors (Lipinski definition) is 1. The van der Waals surface area contributed by atoms with E-state index >= 15 is 0 Å². The van der Waals surface area contributed by atoms with Crippen LogP contribution < -0.4 is 5.43 Å². The summed E-state index contributed by atoms with van der Waals surface area (Å²) in [7, 11) is 1.16. The highest BCUT2D eigenvalue weighted by atomic mass is 16.5. The molecule has 0 aromatic heterocycles. The Bertz CT molecular complexity index is 646. The van der Waals surface area contributed by atoms with Gasteiger partial charge >= 0.3 is 5.97 Å². The minimum atomic E-state index is -0.839. The van der Waals surface area contributed by atoms with Crippen LogP contribution in [0.3, 0.4) is 0 Å². The fraction of sp³-hybridized carbons (Fsp3) is 0.0769. The van der Waals surface area contributed by atoms with E-state index in [2.05, 4.69) is 4.74 Å². The average molecular weight is 230 g/mol. The van der Waals surface area contributed by atoms with E-state index in [0.717, 1.165) is 7.11 Å². The summed E-state index contributed by atoms with van der Waals surface area (Å²) in [6.45, 7) is 0. The Balaban J connectivity index is 2.95. The van der Waals surface area contributed by atoms with Gasteiger partial charge in [-0.05, 0) is 11.5 Å². The van der Waals surface area contributed by atoms with Crippen LogP contribution in [0.25, 0.3) is 10.8 Å². The van der Waals surface area contributed by atoms with E-state index in [0.29, 0.717) is 10.8 Å². The Morgan fingerprint density at radius 3 is 2.59 bits per heavy atom. The van der Waals surface area contributed by atoms with Crippen LogP contribution >= 0.6 is 0 Å². The molecule has 2 aromatic carbocycles. The van der Waals surface area contributed by atoms with Crippen molar-refractivity contribution in [3.05, 3.63) is 52.2 Å². The van der Waals surface area contributed by atoms with E-state index in [9.17, 15) is 14.7 Å². The molecule has 4 nitrogen and oxygen atoms in total. The molecule has 1 N–H and O–H groups in total. The van der Waals surface area contributed by atoms with Crippen LogP contribution in [0, 0.1) is 0 Å². The van der Waals surface area contributed by atoms with Gasteiger partial charge in [-0.15, -0.1) is 0 Å². The van der Waals surface area contributed by atoms with Crippen molar-refractivity contribution in [3.8, 4) is 5.75 Å². The number of methoxy groups -OCH3 is 1. The van der Waals surface area contributed by atoms with Crippen molar-refractivity contribution in [2.45, 2.75) is 0 Å². The molecule has 0 heterocycles. The SMILES string of the molecule is COC(=O)c1c(O)c2ccccc2ccc1=O. The van der Waals surface area contributed by atoms with Crippen molar-refractivity contribution >= 4 is 16.7 Å². The number of esters is 1. The zero-order valence-corrected chi connectivity index (χ0v) is 9.14. The quantitative estimate of drug-likeness (QED) is 0.757. The van der Waals surface area contributed by atoms with Crippen LogP contribution in [-0.2, 0) is 4.74 Å². The molecule has 0 fully saturated rings. The summed E-state index contributed by atoms with van der Waals surface area (Å²) >= 11 is 0. The Labute approximate surface area is 97.1 Å². The van der Waals surface area contributed by atoms with Crippen LogP contribution in [0.1, 0.15) is 10.4 Å². The number of rotatable bonds is 1. The average Bonchev–Trinajstić information content (AvgIpc) is 2.47. The van der Waals surface area contributed by atoms with E-state index < -0.39 is 11.4 Å². The Kier molecular flexibility index (Phi) is 2.78. The van der Waals surface area contributed by atoms with Gasteiger partial charge in [0.2, 0.25) is 0 Å². The van der Waals surface area contributed by atoms with Gasteiger partial charge in [0.1, 0.15) is 11.3 Å². The molecule has 0 unspecified atom stereocenters. The molecular weight excluding hydrogens is 220 g/mol. The van der Waals surface area contributed by atoms with Gasteiger partial charge in [0, 0.05) is 5.39 Å². The number of hydrogen-bond acceptors (Lipinski definition) is 4. The zero-order valence-electron chi connectivity index (χ0n) is 9.14. The summed E-state index contributed by atoms with van der Waals surface area (Å²) in [4.78, 5) is 23.1. The summed E-state index contributed by atoms with van der Waals surface area (Å²) in [5.41, 5.74) is -0.903. The number of ether oxygens (including phenoxy) is 1. The van der Waals surface area contributed by atoms with E-state index in [1.54, 1.807) is 30.3 Å². The highest BCUT2D eigenvalue weighted by molar-refractivity contribution is 5.99. The topological polar surface area (TPSA) is 63.6 Å². The van der Waals surface area contributed by atoms with Gasteiger partial charge in [-0.2, -0.15) is 0 Å². The molecule has 2 aromatic rings. The molecule has 0 saturated carbocycles. The van der Waals surface area contributed by atoms with Gasteiger partial charge in [-0.25, -0.2) is 4.79 Å². The number of benzene rings is 1. The van der Waals surface area contributed by atoms with Crippen molar-refractivity contribution in [3.63, 3.8) is 0 Å². The van der Waals surface area contributed by atoms with Gasteiger partial charge in [-0.1, -0.05) is 30.3 Å². The lowest BCUT2D eigenvalue weighted by atomic mass is 10.1. The van der Waals surface area contributed by atoms with Crippen molar-refractivity contribution in [2.24, 2.45) is 0 Å². The minimum absolute atomic E-state index is 0.339. The van der Waals surface area contributed by atoms with Crippen LogP contribution in [0.4, 0.5) is 0 Å². The van der Waals surface area contributed by atoms with E-state index in [1.165, 1.54) is 6.07 Å². The van der Waals surface area contributed by atoms with E-state index in [4.69, 9.17) is 0 Å². The van der Waals surface area contributed by atoms with Crippen molar-refractivity contribution in [1.82, 2.24) is 0 Å². The summed E-state index contributed by atoms with van der Waals surface area (Å²) in [6, 6.07) is 9.68. The maximum absolute atomic E-state index is 11.7. The maximum atomic E-state index is 11.7. The second-order valence-corrected chi connectivity index (χ2v) is 3.50. The summed E-state index contributed by atoms with van der Waals surface area (Å²) in [5.74, 6) is -1.18. The summed E-state index contributed by atoms with van der Waals surface area (Å²) < 4.78 is 4.49. The molecule has 0 aliphatic carbocycles. The predicted molar refractivity (Wildman–Crippen MR) is 63.2 cm³/mol. The van der Waals surface area contributed by atoms with Crippen molar-refractivity contribution in [2.75, 3.05) is 7.11 Å². The molecule has 0 aliphatic rings. The summed E-state index contributed by atoms with van der Waals surface area (Å²) in [6.07, 6.45) is 0. The van der Waals surface area contributed by atoms with Gasteiger partial charge in [0.15, 0.2) is 5.43 Å². The van der Waals surface area contributed by atoms with Crippen LogP contribution in [0.5, 0.6) is 5.75 Å². The third-order valence-electron chi connectivity index (χ3n) is 2.50. The molecule has 4 heteroatoms. The first kappa shape index (κ1) is 11.1. The first-order valence-electron chi connectivity index (χ1n) is 4.98. The standard InChI is InChI=1S/C13H10O4/c1-17-13(16)11-10(14)7-6-8-4-2-3-5-9(8)12(11)15/h2-7,15H,1H3. The number of carbonyl (C=O) groups is 1. The smallest absolute Gasteiger partial charge is 0.345 e. The molecule has 0 bridgehead atoms. The van der Waals surface area contributed by atoms with Crippen LogP contribution in [-0.4, -0.2) is 18.2 Å². The number of carbonyl (C=O) groups excluding carboxylic acids is 1. The van der Waals surface area contributed by atoms with Crippen LogP contribution in [0.15, 0.2) is 41.2 Å². The lowest BCUT2D eigenvalue weighted by Gasteiger charge is -1.99. The highest BCUT2D eigenvalue weighted by Gasteiger charge is 2.16. The van der Waals surface area contributed by atoms with Gasteiger partial charge in [-0.3, -0.25) is 4.79 Å². The molecule has 86 valence electrons. The Morgan fingerprint density at radius 2 is 1.88 bits per heavy atom. The van der Waals surface area contributed by atoms with Crippen molar-refractivity contribution < 1.29 is 14.6 Å². The predicted octanol–water partition coefficient (Wildman–Crippen LogP) is 1.69. The summed E-state index contributed by atoms with van der Waals surface area (Å²) in [5, 5.41) is 11.1. The zero-order chi connectivity index (χ0) is 12.4. The first-order chi connectivity index (χ1) is 8.15. The van der Waals surface area contributed by atoms with Gasteiger partial charge in [0.05, 0.1) is 7.11 Å². The third-order valence-corrected chi connectivity index (χ3v) is 2.50. The van der Waals surface area contributed by atoms with E-state index in [1.807, 2.05) is 0 Å². The monoisotopic (exact) mass is 230 g/mol. The molecule has 2 rings (SSSR count). The first-order valence-corrected chi connectivity index (χ1v) is 4.98. The molecule has 0 aliphatic heterocycles. The fourth-order valence-corrected chi connectivity index (χ4v) is 1.66. The number of fused-ring (bicyclic) bond motifs is 1. The normalized spacial score (nSPS) is 10.2. The largest absolute Gasteiger partial charge is 0.506 e. The van der Waals surface area contributed by atoms with Gasteiger partial charge in [0.25, 0.3) is 0 Å². The molecule has 0 atom stereocenters. The Hall–Kier alpha value is -2.36. The number of aromatic hydroxyl groups is 1. The lowest BCUT2D eigenvalue weighted by Crippen LogP contribution is -2.13. The van der Waals surface area contributed by atoms with E-state index in [-0.39, 0.29) is 11.3 Å².